The van der Waals surface area contributed by atoms with Crippen LogP contribution in [-0.4, -0.2) is 16.8 Å². The Hall–Kier alpha value is -0.830. The summed E-state index contributed by atoms with van der Waals surface area (Å²) in [6.45, 7) is 2.21. The molecule has 2 rings (SSSR count). The van der Waals surface area contributed by atoms with Crippen molar-refractivity contribution in [1.82, 2.24) is 0 Å². The number of Topliss-reactive ketones (excluding diaryl/α,β-unsaturated/α-hetero) is 1. The molecule has 2 unspecified atom stereocenters. The van der Waals surface area contributed by atoms with Gasteiger partial charge in [-0.3, -0.25) is 4.79 Å². The third-order valence-electron chi connectivity index (χ3n) is 4.28. The average Bonchev–Trinajstić information content (AvgIpc) is 2.70. The first kappa shape index (κ1) is 16.5. The molecule has 0 heterocycles. The lowest BCUT2D eigenvalue weighted by Crippen LogP contribution is -2.18. The molecule has 1 saturated carbocycles. The van der Waals surface area contributed by atoms with E-state index >= 15 is 0 Å². The van der Waals surface area contributed by atoms with Crippen LogP contribution < -0.4 is 0 Å². The summed E-state index contributed by atoms with van der Waals surface area (Å²) in [5, 5.41) is 0.779. The van der Waals surface area contributed by atoms with Crippen molar-refractivity contribution in [3.8, 4) is 0 Å². The van der Waals surface area contributed by atoms with Crippen molar-refractivity contribution in [2.75, 3.05) is 5.75 Å². The van der Waals surface area contributed by atoms with Crippen LogP contribution in [0.15, 0.2) is 35.7 Å². The fourth-order valence-corrected chi connectivity index (χ4v) is 4.39. The Morgan fingerprint density at radius 2 is 2.29 bits per heavy atom. The number of halogens is 1. The fraction of sp³-hybridized carbons (Fsp3) is 0.611. The lowest BCUT2D eigenvalue weighted by Gasteiger charge is -2.28. The minimum atomic E-state index is -0.291. The molecule has 116 valence electrons. The molecule has 2 aliphatic carbocycles. The first-order valence-corrected chi connectivity index (χ1v) is 9.12. The van der Waals surface area contributed by atoms with Crippen LogP contribution in [0.25, 0.3) is 0 Å². The molecule has 21 heavy (non-hydrogen) atoms. The highest BCUT2D eigenvalue weighted by atomic mass is 32.2. The van der Waals surface area contributed by atoms with Crippen molar-refractivity contribution >= 4 is 17.5 Å². The highest BCUT2D eigenvalue weighted by molar-refractivity contribution is 7.99. The van der Waals surface area contributed by atoms with Gasteiger partial charge in [0.2, 0.25) is 0 Å². The lowest BCUT2D eigenvalue weighted by atomic mass is 9.84. The van der Waals surface area contributed by atoms with E-state index in [4.69, 9.17) is 0 Å². The SMILES string of the molecule is CCSC1CCCC(CCC(=O)C2=CC(F)=CCC=C2)C1. The Morgan fingerprint density at radius 1 is 1.43 bits per heavy atom. The molecule has 0 aromatic carbocycles. The second-order valence-corrected chi connectivity index (χ2v) is 7.48. The van der Waals surface area contributed by atoms with Crippen LogP contribution in [0.4, 0.5) is 4.39 Å². The van der Waals surface area contributed by atoms with E-state index in [0.717, 1.165) is 11.7 Å². The van der Waals surface area contributed by atoms with Gasteiger partial charge in [-0.1, -0.05) is 31.9 Å². The van der Waals surface area contributed by atoms with Crippen LogP contribution in [0.1, 0.15) is 51.9 Å². The molecule has 0 radical (unpaired) electrons. The van der Waals surface area contributed by atoms with E-state index < -0.39 is 0 Å². The van der Waals surface area contributed by atoms with Crippen molar-refractivity contribution in [3.63, 3.8) is 0 Å². The van der Waals surface area contributed by atoms with Crippen molar-refractivity contribution in [1.29, 1.82) is 0 Å². The zero-order valence-electron chi connectivity index (χ0n) is 12.8. The highest BCUT2D eigenvalue weighted by Gasteiger charge is 2.22. The molecule has 0 aliphatic heterocycles. The summed E-state index contributed by atoms with van der Waals surface area (Å²) in [5.41, 5.74) is 0.525. The topological polar surface area (TPSA) is 17.1 Å². The van der Waals surface area contributed by atoms with Crippen LogP contribution in [0.5, 0.6) is 0 Å². The van der Waals surface area contributed by atoms with Gasteiger partial charge in [-0.25, -0.2) is 4.39 Å². The van der Waals surface area contributed by atoms with Crippen molar-refractivity contribution in [2.24, 2.45) is 5.92 Å². The summed E-state index contributed by atoms with van der Waals surface area (Å²) in [6.07, 6.45) is 13.7. The first-order valence-electron chi connectivity index (χ1n) is 8.07. The number of carbonyl (C=O) groups excluding carboxylic acids is 1. The molecule has 2 aliphatic rings. The van der Waals surface area contributed by atoms with Gasteiger partial charge in [0, 0.05) is 17.2 Å². The van der Waals surface area contributed by atoms with Crippen LogP contribution >= 0.6 is 11.8 Å². The van der Waals surface area contributed by atoms with E-state index in [0.29, 0.717) is 24.3 Å². The number of hydrogen-bond donors (Lipinski definition) is 0. The summed E-state index contributed by atoms with van der Waals surface area (Å²) in [5.74, 6) is 1.64. The fourth-order valence-electron chi connectivity index (χ4n) is 3.18. The Labute approximate surface area is 131 Å². The molecular formula is C18H25FOS. The van der Waals surface area contributed by atoms with Gasteiger partial charge < -0.3 is 0 Å². The van der Waals surface area contributed by atoms with Gasteiger partial charge >= 0.3 is 0 Å². The molecule has 0 spiro atoms. The molecule has 0 N–H and O–H groups in total. The molecule has 3 heteroatoms. The van der Waals surface area contributed by atoms with Crippen molar-refractivity contribution in [2.45, 2.75) is 57.1 Å². The predicted molar refractivity (Wildman–Crippen MR) is 89.2 cm³/mol. The lowest BCUT2D eigenvalue weighted by molar-refractivity contribution is -0.115. The number of allylic oxidation sites excluding steroid dienone is 6. The van der Waals surface area contributed by atoms with Gasteiger partial charge in [0.25, 0.3) is 0 Å². The second-order valence-electron chi connectivity index (χ2n) is 5.90. The highest BCUT2D eigenvalue weighted by Crippen LogP contribution is 2.34. The van der Waals surface area contributed by atoms with Crippen LogP contribution in [0.2, 0.25) is 0 Å². The minimum absolute atomic E-state index is 0.0852. The minimum Gasteiger partial charge on any atom is -0.294 e. The quantitative estimate of drug-likeness (QED) is 0.654. The maximum atomic E-state index is 13.4. The molecule has 0 aromatic heterocycles. The number of hydrogen-bond acceptors (Lipinski definition) is 2. The van der Waals surface area contributed by atoms with E-state index in [-0.39, 0.29) is 11.6 Å². The number of carbonyl (C=O) groups is 1. The first-order chi connectivity index (χ1) is 10.2. The molecule has 0 bridgehead atoms. The van der Waals surface area contributed by atoms with Crippen LogP contribution in [-0.2, 0) is 4.79 Å². The van der Waals surface area contributed by atoms with E-state index in [1.54, 1.807) is 6.08 Å². The number of rotatable bonds is 6. The summed E-state index contributed by atoms with van der Waals surface area (Å²) in [6, 6.07) is 0. The van der Waals surface area contributed by atoms with E-state index in [1.807, 2.05) is 6.08 Å². The van der Waals surface area contributed by atoms with Gasteiger partial charge in [0.15, 0.2) is 5.78 Å². The molecule has 2 atom stereocenters. The van der Waals surface area contributed by atoms with Crippen molar-refractivity contribution < 1.29 is 9.18 Å². The zero-order valence-corrected chi connectivity index (χ0v) is 13.6. The summed E-state index contributed by atoms with van der Waals surface area (Å²) < 4.78 is 13.4. The third-order valence-corrected chi connectivity index (χ3v) is 5.51. The zero-order chi connectivity index (χ0) is 15.1. The normalized spacial score (nSPS) is 26.0. The summed E-state index contributed by atoms with van der Waals surface area (Å²) in [7, 11) is 0. The van der Waals surface area contributed by atoms with Crippen molar-refractivity contribution in [3.05, 3.63) is 35.7 Å². The maximum Gasteiger partial charge on any atom is 0.162 e. The maximum absolute atomic E-state index is 13.4. The Bertz CT molecular complexity index is 448. The molecule has 0 aromatic rings. The van der Waals surface area contributed by atoms with Gasteiger partial charge in [0.1, 0.15) is 5.83 Å². The third kappa shape index (κ3) is 5.46. The van der Waals surface area contributed by atoms with Crippen LogP contribution in [0.3, 0.4) is 0 Å². The smallest absolute Gasteiger partial charge is 0.162 e. The Balaban J connectivity index is 1.82. The molecule has 1 fully saturated rings. The van der Waals surface area contributed by atoms with E-state index in [1.165, 1.54) is 43.6 Å². The second kappa shape index (κ2) is 8.57. The van der Waals surface area contributed by atoms with Gasteiger partial charge in [-0.15, -0.1) is 0 Å². The summed E-state index contributed by atoms with van der Waals surface area (Å²) in [4.78, 5) is 12.2. The average molecular weight is 308 g/mol. The van der Waals surface area contributed by atoms with E-state index in [9.17, 15) is 9.18 Å². The largest absolute Gasteiger partial charge is 0.294 e. The van der Waals surface area contributed by atoms with E-state index in [2.05, 4.69) is 18.7 Å². The number of thioether (sulfide) groups is 1. The molecule has 1 nitrogen and oxygen atoms in total. The van der Waals surface area contributed by atoms with Crippen LogP contribution in [0, 0.1) is 5.92 Å². The molecule has 0 amide bonds. The monoisotopic (exact) mass is 308 g/mol. The molecule has 0 saturated heterocycles. The van der Waals surface area contributed by atoms with Gasteiger partial charge in [0.05, 0.1) is 0 Å². The Kier molecular flexibility index (Phi) is 6.75. The standard InChI is InChI=1S/C18H25FOS/c1-2-21-17-9-5-6-14(12-17)10-11-18(20)15-7-3-4-8-16(19)13-15/h3,7-8,13-14,17H,2,4-6,9-12H2,1H3. The van der Waals surface area contributed by atoms with Gasteiger partial charge in [-0.05, 0) is 49.5 Å². The number of ketones is 1. The van der Waals surface area contributed by atoms with Gasteiger partial charge in [-0.2, -0.15) is 11.8 Å². The summed E-state index contributed by atoms with van der Waals surface area (Å²) >= 11 is 2.06. The molecular weight excluding hydrogens is 283 g/mol. The Morgan fingerprint density at radius 3 is 3.10 bits per heavy atom. The predicted octanol–water partition coefficient (Wildman–Crippen LogP) is 5.39.